The molecular weight excluding hydrogens is 312 g/mol. The van der Waals surface area contributed by atoms with Gasteiger partial charge in [0.1, 0.15) is 11.9 Å². The molecule has 1 fully saturated rings. The lowest BCUT2D eigenvalue weighted by Crippen LogP contribution is -2.31. The molecule has 0 radical (unpaired) electrons. The third-order valence-corrected chi connectivity index (χ3v) is 4.31. The molecule has 0 spiro atoms. The molecule has 0 saturated carbocycles. The molecule has 1 saturated heterocycles. The molecule has 0 aliphatic carbocycles. The van der Waals surface area contributed by atoms with Gasteiger partial charge in [0.2, 0.25) is 0 Å². The zero-order chi connectivity index (χ0) is 16.2. The lowest BCUT2D eigenvalue weighted by molar-refractivity contribution is 0.0772. The number of amides is 1. The molecule has 0 aromatic heterocycles. The van der Waals surface area contributed by atoms with Crippen molar-refractivity contribution in [3.63, 3.8) is 0 Å². The van der Waals surface area contributed by atoms with Gasteiger partial charge in [-0.25, -0.2) is 0 Å². The van der Waals surface area contributed by atoms with Crippen LogP contribution in [-0.4, -0.2) is 30.0 Å². The van der Waals surface area contributed by atoms with Gasteiger partial charge in [0, 0.05) is 25.1 Å². The Morgan fingerprint density at radius 1 is 1.22 bits per heavy atom. The van der Waals surface area contributed by atoms with Crippen molar-refractivity contribution in [2.45, 2.75) is 19.1 Å². The summed E-state index contributed by atoms with van der Waals surface area (Å²) in [5, 5.41) is 0.592. The molecule has 1 amide bonds. The van der Waals surface area contributed by atoms with E-state index in [2.05, 4.69) is 0 Å². The van der Waals surface area contributed by atoms with Crippen molar-refractivity contribution < 1.29 is 9.53 Å². The number of ether oxygens (including phenoxy) is 1. The molecule has 120 valence electrons. The van der Waals surface area contributed by atoms with Crippen molar-refractivity contribution >= 4 is 17.5 Å². The maximum Gasteiger partial charge on any atom is 0.253 e. The summed E-state index contributed by atoms with van der Waals surface area (Å²) in [5.74, 6) is 0.694. The standard InChI is InChI=1S/C18H19ClN2O2/c19-16-3-1-2-4-17(16)23-15-9-10-21(12-15)18(22)14-7-5-13(11-20)6-8-14/h1-8,15H,9-12,20H2/t15-/m0/s1. The summed E-state index contributed by atoms with van der Waals surface area (Å²) >= 11 is 6.11. The van der Waals surface area contributed by atoms with Gasteiger partial charge in [0.05, 0.1) is 11.6 Å². The van der Waals surface area contributed by atoms with E-state index in [0.29, 0.717) is 36.0 Å². The summed E-state index contributed by atoms with van der Waals surface area (Å²) in [6.45, 7) is 1.74. The highest BCUT2D eigenvalue weighted by Gasteiger charge is 2.28. The average Bonchev–Trinajstić information content (AvgIpc) is 3.05. The predicted molar refractivity (Wildman–Crippen MR) is 90.7 cm³/mol. The van der Waals surface area contributed by atoms with Crippen molar-refractivity contribution in [2.75, 3.05) is 13.1 Å². The van der Waals surface area contributed by atoms with E-state index in [1.807, 2.05) is 47.4 Å². The Balaban J connectivity index is 1.62. The fraction of sp³-hybridized carbons (Fsp3) is 0.278. The van der Waals surface area contributed by atoms with Gasteiger partial charge in [-0.05, 0) is 29.8 Å². The number of rotatable bonds is 4. The second-order valence-corrected chi connectivity index (χ2v) is 6.02. The summed E-state index contributed by atoms with van der Waals surface area (Å²) in [6.07, 6.45) is 0.778. The molecule has 1 atom stereocenters. The van der Waals surface area contributed by atoms with Crippen LogP contribution in [0.5, 0.6) is 5.75 Å². The van der Waals surface area contributed by atoms with Crippen LogP contribution in [0.1, 0.15) is 22.3 Å². The highest BCUT2D eigenvalue weighted by molar-refractivity contribution is 6.32. The number of para-hydroxylation sites is 1. The van der Waals surface area contributed by atoms with E-state index >= 15 is 0 Å². The molecule has 1 heterocycles. The van der Waals surface area contributed by atoms with Crippen molar-refractivity contribution in [2.24, 2.45) is 5.73 Å². The monoisotopic (exact) mass is 330 g/mol. The van der Waals surface area contributed by atoms with E-state index in [1.165, 1.54) is 0 Å². The molecule has 0 unspecified atom stereocenters. The van der Waals surface area contributed by atoms with Crippen LogP contribution in [0.3, 0.4) is 0 Å². The van der Waals surface area contributed by atoms with Crippen molar-refractivity contribution in [1.29, 1.82) is 0 Å². The van der Waals surface area contributed by atoms with Gasteiger partial charge in [-0.2, -0.15) is 0 Å². The van der Waals surface area contributed by atoms with Crippen LogP contribution in [0, 0.1) is 0 Å². The molecule has 5 heteroatoms. The largest absolute Gasteiger partial charge is 0.487 e. The SMILES string of the molecule is NCc1ccc(C(=O)N2CC[C@H](Oc3ccccc3Cl)C2)cc1. The van der Waals surface area contributed by atoms with E-state index in [4.69, 9.17) is 22.1 Å². The molecular formula is C18H19ClN2O2. The van der Waals surface area contributed by atoms with Gasteiger partial charge in [-0.15, -0.1) is 0 Å². The van der Waals surface area contributed by atoms with Crippen LogP contribution in [0.2, 0.25) is 5.02 Å². The molecule has 1 aliphatic heterocycles. The lowest BCUT2D eigenvalue weighted by atomic mass is 10.1. The van der Waals surface area contributed by atoms with Crippen molar-refractivity contribution in [3.05, 3.63) is 64.7 Å². The first-order chi connectivity index (χ1) is 11.2. The van der Waals surface area contributed by atoms with E-state index in [-0.39, 0.29) is 12.0 Å². The fourth-order valence-corrected chi connectivity index (χ4v) is 2.87. The zero-order valence-electron chi connectivity index (χ0n) is 12.7. The average molecular weight is 331 g/mol. The van der Waals surface area contributed by atoms with Crippen LogP contribution in [0.15, 0.2) is 48.5 Å². The Bertz CT molecular complexity index is 688. The first kappa shape index (κ1) is 15.8. The number of benzene rings is 2. The van der Waals surface area contributed by atoms with Gasteiger partial charge < -0.3 is 15.4 Å². The van der Waals surface area contributed by atoms with Gasteiger partial charge >= 0.3 is 0 Å². The number of carbonyl (C=O) groups is 1. The minimum absolute atomic E-state index is 0.0258. The Kier molecular flexibility index (Phi) is 4.84. The van der Waals surface area contributed by atoms with Gasteiger partial charge in [-0.1, -0.05) is 35.9 Å². The van der Waals surface area contributed by atoms with Crippen LogP contribution in [0.25, 0.3) is 0 Å². The summed E-state index contributed by atoms with van der Waals surface area (Å²) in [6, 6.07) is 14.8. The van der Waals surface area contributed by atoms with Gasteiger partial charge in [0.15, 0.2) is 0 Å². The third kappa shape index (κ3) is 3.66. The summed E-state index contributed by atoms with van der Waals surface area (Å²) in [4.78, 5) is 14.3. The Labute approximate surface area is 140 Å². The van der Waals surface area contributed by atoms with Crippen molar-refractivity contribution in [3.8, 4) is 5.75 Å². The molecule has 2 aromatic carbocycles. The highest BCUT2D eigenvalue weighted by atomic mass is 35.5. The highest BCUT2D eigenvalue weighted by Crippen LogP contribution is 2.26. The number of carbonyl (C=O) groups excluding carboxylic acids is 1. The van der Waals surface area contributed by atoms with Crippen LogP contribution in [0.4, 0.5) is 0 Å². The first-order valence-electron chi connectivity index (χ1n) is 7.67. The van der Waals surface area contributed by atoms with E-state index in [1.54, 1.807) is 6.07 Å². The number of nitrogens with zero attached hydrogens (tertiary/aromatic N) is 1. The number of hydrogen-bond donors (Lipinski definition) is 1. The molecule has 0 bridgehead atoms. The molecule has 3 rings (SSSR count). The molecule has 1 aliphatic rings. The van der Waals surface area contributed by atoms with Crippen LogP contribution in [-0.2, 0) is 6.54 Å². The van der Waals surface area contributed by atoms with E-state index < -0.39 is 0 Å². The quantitative estimate of drug-likeness (QED) is 0.937. The fourth-order valence-electron chi connectivity index (χ4n) is 2.69. The van der Waals surface area contributed by atoms with Crippen LogP contribution >= 0.6 is 11.6 Å². The Hall–Kier alpha value is -2.04. The van der Waals surface area contributed by atoms with Crippen LogP contribution < -0.4 is 10.5 Å². The Morgan fingerprint density at radius 2 is 1.96 bits per heavy atom. The summed E-state index contributed by atoms with van der Waals surface area (Å²) in [5.41, 5.74) is 7.28. The Morgan fingerprint density at radius 3 is 2.65 bits per heavy atom. The maximum atomic E-state index is 12.5. The second-order valence-electron chi connectivity index (χ2n) is 5.61. The van der Waals surface area contributed by atoms with Crippen molar-refractivity contribution in [1.82, 2.24) is 4.90 Å². The number of hydrogen-bond acceptors (Lipinski definition) is 3. The molecule has 23 heavy (non-hydrogen) atoms. The summed E-state index contributed by atoms with van der Waals surface area (Å²) in [7, 11) is 0. The van der Waals surface area contributed by atoms with E-state index in [9.17, 15) is 4.79 Å². The number of nitrogens with two attached hydrogens (primary N) is 1. The smallest absolute Gasteiger partial charge is 0.253 e. The van der Waals surface area contributed by atoms with E-state index in [0.717, 1.165) is 12.0 Å². The minimum atomic E-state index is -0.0258. The second kappa shape index (κ2) is 7.02. The predicted octanol–water partition coefficient (Wildman–Crippen LogP) is 3.09. The third-order valence-electron chi connectivity index (χ3n) is 4.00. The zero-order valence-corrected chi connectivity index (χ0v) is 13.5. The number of halogens is 1. The van der Waals surface area contributed by atoms with Gasteiger partial charge in [0.25, 0.3) is 5.91 Å². The van der Waals surface area contributed by atoms with Gasteiger partial charge in [-0.3, -0.25) is 4.79 Å². The lowest BCUT2D eigenvalue weighted by Gasteiger charge is -2.18. The first-order valence-corrected chi connectivity index (χ1v) is 8.04. The molecule has 4 nitrogen and oxygen atoms in total. The minimum Gasteiger partial charge on any atom is -0.487 e. The molecule has 2 N–H and O–H groups in total. The summed E-state index contributed by atoms with van der Waals surface area (Å²) < 4.78 is 5.92. The maximum absolute atomic E-state index is 12.5. The topological polar surface area (TPSA) is 55.6 Å². The molecule has 2 aromatic rings. The normalized spacial score (nSPS) is 17.3. The number of likely N-dealkylation sites (tertiary alicyclic amines) is 1.